The van der Waals surface area contributed by atoms with Crippen LogP contribution in [0.3, 0.4) is 0 Å². The maximum atomic E-state index is 6.03. The molecular weight excluding hydrogens is 1910 g/mol. The van der Waals surface area contributed by atoms with E-state index in [1.807, 2.05) is 96.2 Å². The molecule has 14 aliphatic heterocycles. The van der Waals surface area contributed by atoms with Crippen LogP contribution < -0.4 is 16.0 Å². The van der Waals surface area contributed by atoms with Crippen LogP contribution in [0.2, 0.25) is 0 Å². The Balaban J connectivity index is 0.000000200. The number of nitrogens with one attached hydrogen (secondary N) is 3. The van der Waals surface area contributed by atoms with Crippen LogP contribution in [0.15, 0.2) is 168 Å². The van der Waals surface area contributed by atoms with Crippen molar-refractivity contribution in [1.82, 2.24) is 69.8 Å². The second-order valence-corrected chi connectivity index (χ2v) is 45.8. The molecule has 14 rings (SSSR count). The van der Waals surface area contributed by atoms with E-state index in [1.54, 1.807) is 28.4 Å². The van der Waals surface area contributed by atoms with Gasteiger partial charge in [0.1, 0.15) is 81.6 Å². The first-order chi connectivity index (χ1) is 67.8. The molecule has 7 saturated heterocycles. The van der Waals surface area contributed by atoms with Crippen molar-refractivity contribution in [3.05, 3.63) is 168 Å². The summed E-state index contributed by atoms with van der Waals surface area (Å²) >= 11 is 12.9. The zero-order valence-corrected chi connectivity index (χ0v) is 95.1. The van der Waals surface area contributed by atoms with Crippen LogP contribution in [0, 0.1) is 11.8 Å². The number of rotatable bonds is 47. The second kappa shape index (κ2) is 68.9. The Hall–Kier alpha value is -4.55. The molecule has 7 fully saturated rings. The van der Waals surface area contributed by atoms with Crippen molar-refractivity contribution < 1.29 is 66.3 Å². The molecule has 0 bridgehead atoms. The van der Waals surface area contributed by atoms with Gasteiger partial charge in [-0.15, -0.1) is 82.3 Å². The zero-order chi connectivity index (χ0) is 101. The third-order valence-corrected chi connectivity index (χ3v) is 31.7. The predicted molar refractivity (Wildman–Crippen MR) is 591 cm³/mol. The van der Waals surface area contributed by atoms with Gasteiger partial charge in [0.25, 0.3) is 0 Å². The summed E-state index contributed by atoms with van der Waals surface area (Å²) in [6.07, 6.45) is 53.7. The van der Waals surface area contributed by atoms with Gasteiger partial charge >= 0.3 is 0 Å². The van der Waals surface area contributed by atoms with Gasteiger partial charge < -0.3 is 136 Å². The topological polar surface area (TPSA) is 201 Å². The zero-order valence-electron chi connectivity index (χ0n) is 89.3. The van der Waals surface area contributed by atoms with Gasteiger partial charge in [-0.05, 0) is 185 Å². The van der Waals surface area contributed by atoms with Crippen molar-refractivity contribution in [3.8, 4) is 0 Å². The number of hydrogen-bond donors (Lipinski definition) is 3. The van der Waals surface area contributed by atoms with Gasteiger partial charge in [0, 0.05) is 283 Å². The summed E-state index contributed by atoms with van der Waals surface area (Å²) in [5, 5.41) is 10.3. The predicted octanol–water partition coefficient (Wildman–Crippen LogP) is 17.3. The van der Waals surface area contributed by atoms with Gasteiger partial charge in [0.15, 0.2) is 0 Å². The van der Waals surface area contributed by atoms with Crippen LogP contribution in [-0.4, -0.2) is 388 Å². The van der Waals surface area contributed by atoms with E-state index in [9.17, 15) is 0 Å². The Kier molecular flexibility index (Phi) is 59.4. The number of methoxy groups -OCH3 is 4. The van der Waals surface area contributed by atoms with Crippen molar-refractivity contribution in [2.45, 2.75) is 250 Å². The molecular formula is C105H182N14O14S7. The number of likely N-dealkylation sites (N-methyl/N-ethyl adjacent to an activating group) is 4. The smallest absolute Gasteiger partial charge is 0.140 e. The highest BCUT2D eigenvalue weighted by Gasteiger charge is 2.37. The van der Waals surface area contributed by atoms with E-state index in [-0.39, 0.29) is 87.8 Å². The average Bonchev–Trinajstić information content (AvgIpc) is 1.65. The largest absolute Gasteiger partial charge is 0.385 e. The monoisotopic (exact) mass is 2090 g/mol. The van der Waals surface area contributed by atoms with E-state index in [4.69, 9.17) is 66.3 Å². The summed E-state index contributed by atoms with van der Waals surface area (Å²) in [6.45, 7) is 57.0. The van der Waals surface area contributed by atoms with Crippen LogP contribution >= 0.6 is 82.3 Å². The quantitative estimate of drug-likeness (QED) is 0.0485. The molecule has 140 heavy (non-hydrogen) atoms. The number of unbranched alkanes of at least 4 members (excludes halogenated alkanes) is 2. The van der Waals surface area contributed by atoms with Crippen molar-refractivity contribution >= 4 is 82.3 Å². The van der Waals surface area contributed by atoms with Gasteiger partial charge in [-0.1, -0.05) is 61.3 Å². The molecule has 0 unspecified atom stereocenters. The molecule has 3 N–H and O–H groups in total. The first kappa shape index (κ1) is 121. The first-order valence-corrected chi connectivity index (χ1v) is 59.0. The molecule has 35 heteroatoms. The third-order valence-electron chi connectivity index (χ3n) is 24.0. The molecule has 14 heterocycles. The molecule has 0 radical (unpaired) electrons. The molecule has 0 aliphatic carbocycles. The van der Waals surface area contributed by atoms with Crippen molar-refractivity contribution in [1.29, 1.82) is 0 Å². The van der Waals surface area contributed by atoms with E-state index in [2.05, 4.69) is 316 Å². The maximum absolute atomic E-state index is 6.03. The second-order valence-electron chi connectivity index (χ2n) is 37.4. The molecule has 0 aromatic heterocycles. The van der Waals surface area contributed by atoms with Gasteiger partial charge in [-0.2, -0.15) is 0 Å². The minimum absolute atomic E-state index is 0.161. The minimum Gasteiger partial charge on any atom is -0.385 e. The Bertz CT molecular complexity index is 3880. The van der Waals surface area contributed by atoms with Crippen LogP contribution in [-0.2, 0) is 66.3 Å². The summed E-state index contributed by atoms with van der Waals surface area (Å²) < 4.78 is 79.0. The summed E-state index contributed by atoms with van der Waals surface area (Å²) in [5.41, 5.74) is 10.1. The number of allylic oxidation sites excluding steroid dienone is 7. The lowest BCUT2D eigenvalue weighted by molar-refractivity contribution is -0.0549. The average molecular weight is 2090 g/mol. The summed E-state index contributed by atoms with van der Waals surface area (Å²) in [7, 11) is 11.2. The molecule has 0 spiro atoms. The first-order valence-electron chi connectivity index (χ1n) is 51.6. The Morgan fingerprint density at radius 2 is 0.693 bits per heavy atom. The van der Waals surface area contributed by atoms with E-state index >= 15 is 0 Å². The summed E-state index contributed by atoms with van der Waals surface area (Å²) in [5.74, 6) is 8.37. The third kappa shape index (κ3) is 44.1. The van der Waals surface area contributed by atoms with Crippen molar-refractivity contribution in [3.63, 3.8) is 0 Å². The van der Waals surface area contributed by atoms with Gasteiger partial charge in [0.05, 0.1) is 52.4 Å². The van der Waals surface area contributed by atoms with Crippen molar-refractivity contribution in [2.24, 2.45) is 11.8 Å². The number of thioether (sulfide) groups is 7. The standard InChI is InChI=1S/7C15H26N2O2S/c1-12(2)9-16(3)13-5-7-17(8-6-13)14-11-20-15(19-14)10-18-4;1-11(2)16-13-5-7-17(8-6-13)14-10-20-15(19-14)9-18-12(3)4;1-5-17(12(2)3)13-6-8-16(9-7-13)14-11-20-15(19-14)10-18-4;1-4-18-10-15-19-14(11-20-15)17-7-5-13(6-8-17)16-9-12(2)3;1-4-5-8-16(2)13-6-9-17(10-7-13)14-12-20-15(19-14)11-18-3;1-4-8-16(5-2)13-6-9-17(10-7-13)14-12-20-15(19-14)11-18-3;1-3-5-8-16-13-6-9-17(10-7-13)14-12-20-15(19-14)11-18-4-2/h5-7,12,14-15H,8-11H2,1-4H3;5-7,11-12,14-16H,8-10H2,1-4H3;6-8,12,14-15H,5,9-11H2,1-4H3;5-7,12,14-16H,4,8-11H2,1-3H3;2*6-7,9,14-15H,4-5,8,10-12H2,1-3H3;6-7,9,14-16H,3-5,8,10-12H2,1-2H3/t7*14-,15+/m1111111/s1. The fourth-order valence-corrected chi connectivity index (χ4v) is 23.9. The fourth-order valence-electron chi connectivity index (χ4n) is 16.4. The molecule has 0 aromatic carbocycles. The van der Waals surface area contributed by atoms with Gasteiger partial charge in [0.2, 0.25) is 0 Å². The maximum Gasteiger partial charge on any atom is 0.140 e. The minimum atomic E-state index is 0.161. The number of hydrogen-bond acceptors (Lipinski definition) is 35. The van der Waals surface area contributed by atoms with Crippen molar-refractivity contribution in [2.75, 3.05) is 234 Å². The lowest BCUT2D eigenvalue weighted by Gasteiger charge is -2.34. The molecule has 14 atom stereocenters. The number of nitrogens with zero attached hydrogens (tertiary/aromatic N) is 11. The summed E-state index contributed by atoms with van der Waals surface area (Å²) in [4.78, 5) is 25.3. The molecule has 14 aliphatic rings. The van der Waals surface area contributed by atoms with Crippen LogP contribution in [0.25, 0.3) is 0 Å². The van der Waals surface area contributed by atoms with Crippen LogP contribution in [0.1, 0.15) is 150 Å². The van der Waals surface area contributed by atoms with Gasteiger partial charge in [-0.3, -0.25) is 0 Å². The molecule has 0 amide bonds. The van der Waals surface area contributed by atoms with E-state index in [0.29, 0.717) is 70.2 Å². The Morgan fingerprint density at radius 3 is 0.986 bits per heavy atom. The highest BCUT2D eigenvalue weighted by Crippen LogP contribution is 2.37. The lowest BCUT2D eigenvalue weighted by atomic mass is 10.2. The Labute approximate surface area is 875 Å². The fraction of sp³-hybridized carbons (Fsp3) is 0.733. The number of ether oxygens (including phenoxy) is 14. The van der Waals surface area contributed by atoms with E-state index in [0.717, 1.165) is 145 Å². The van der Waals surface area contributed by atoms with E-state index < -0.39 is 0 Å². The lowest BCUT2D eigenvalue weighted by Crippen LogP contribution is -2.37. The molecule has 798 valence electrons. The normalized spacial score (nSPS) is 26.1. The highest BCUT2D eigenvalue weighted by molar-refractivity contribution is 8.01. The molecule has 0 saturated carbocycles. The summed E-state index contributed by atoms with van der Waals surface area (Å²) in [6, 6.07) is 1.00. The van der Waals surface area contributed by atoms with Crippen LogP contribution in [0.4, 0.5) is 0 Å². The van der Waals surface area contributed by atoms with E-state index in [1.165, 1.54) is 72.0 Å². The van der Waals surface area contributed by atoms with Crippen LogP contribution in [0.5, 0.6) is 0 Å². The molecule has 28 nitrogen and oxygen atoms in total. The SMILES string of the molecule is CC(C)NC1=CCN([C@H]2CS[C@@H](COC(C)C)O2)C=C1.CCCCN(C)C1=CCN([C@H]2CS[C@@H](COC)O2)C=C1.CCCCNC1=CCN([C@H]2CS[C@@H](COCC)O2)C=C1.CCCN(CC)C1=CCN([C@H]2CS[C@@H](COC)O2)C=C1.CCN(C1=CCN([C@H]2CS[C@@H](COC)O2)C=C1)C(C)C.CCOC[C@H]1O[C@@H](N2C=CC(NCC(C)C)=CC2)CS1.COC[C@H]1O[C@@H](N2C=CC(N(C)CC(C)C)=CC2)CS1. The molecule has 0 aromatic rings. The highest BCUT2D eigenvalue weighted by atomic mass is 32.2. The van der Waals surface area contributed by atoms with Gasteiger partial charge in [-0.25, -0.2) is 0 Å². The Morgan fingerprint density at radius 1 is 0.357 bits per heavy atom.